The number of halogens is 3. The van der Waals surface area contributed by atoms with Crippen LogP contribution in [-0.2, 0) is 18.1 Å². The van der Waals surface area contributed by atoms with E-state index in [4.69, 9.17) is 0 Å². The summed E-state index contributed by atoms with van der Waals surface area (Å²) in [6.07, 6.45) is -0.806. The molecule has 0 N–H and O–H groups in total. The van der Waals surface area contributed by atoms with Crippen LogP contribution in [0.2, 0.25) is 0 Å². The molecule has 0 aromatic heterocycles. The van der Waals surface area contributed by atoms with Crippen molar-refractivity contribution in [2.24, 2.45) is 5.92 Å². The maximum Gasteiger partial charge on any atom is 0.416 e. The number of alkyl halides is 3. The number of nitrogens with zero attached hydrogens (tertiary/aromatic N) is 2. The van der Waals surface area contributed by atoms with Gasteiger partial charge in [0.1, 0.15) is 0 Å². The van der Waals surface area contributed by atoms with Crippen molar-refractivity contribution in [3.05, 3.63) is 71.3 Å². The molecule has 2 aromatic rings. The van der Waals surface area contributed by atoms with Crippen LogP contribution in [0.25, 0.3) is 0 Å². The summed E-state index contributed by atoms with van der Waals surface area (Å²) in [5.74, 6) is 0.00272. The van der Waals surface area contributed by atoms with Crippen molar-refractivity contribution in [1.82, 2.24) is 4.90 Å². The molecule has 0 bridgehead atoms. The minimum absolute atomic E-state index is 0.00272. The molecule has 1 aliphatic carbocycles. The van der Waals surface area contributed by atoms with E-state index in [0.717, 1.165) is 31.9 Å². The summed E-state index contributed by atoms with van der Waals surface area (Å²) in [4.78, 5) is 2.25. The van der Waals surface area contributed by atoms with Crippen LogP contribution in [0.15, 0.2) is 54.6 Å². The van der Waals surface area contributed by atoms with Crippen LogP contribution in [0.5, 0.6) is 0 Å². The van der Waals surface area contributed by atoms with E-state index in [2.05, 4.69) is 37.1 Å². The van der Waals surface area contributed by atoms with Crippen LogP contribution in [-0.4, -0.2) is 18.0 Å². The monoisotopic (exact) mass is 414 g/mol. The Morgan fingerprint density at radius 3 is 2.17 bits per heavy atom. The standard InChI is InChI=1S/C25H29F3N2/c1-3-21(30(2)17-19-9-5-4-6-10-19)15-16-24(18-29,20-13-14-20)22-11-7-8-12-23(22)25(26,27)28/h4-12,20-21H,3,13-17H2,1-2H3. The molecule has 5 heteroatoms. The number of benzene rings is 2. The zero-order valence-corrected chi connectivity index (χ0v) is 17.6. The number of nitriles is 1. The van der Waals surface area contributed by atoms with E-state index >= 15 is 0 Å². The summed E-state index contributed by atoms with van der Waals surface area (Å²) < 4.78 is 41.2. The van der Waals surface area contributed by atoms with Crippen LogP contribution in [0.1, 0.15) is 55.7 Å². The first kappa shape index (κ1) is 22.4. The topological polar surface area (TPSA) is 27.0 Å². The smallest absolute Gasteiger partial charge is 0.299 e. The second kappa shape index (κ2) is 9.22. The zero-order chi connectivity index (χ0) is 21.8. The molecule has 160 valence electrons. The van der Waals surface area contributed by atoms with Crippen molar-refractivity contribution in [3.8, 4) is 6.07 Å². The first-order valence-corrected chi connectivity index (χ1v) is 10.6. The zero-order valence-electron chi connectivity index (χ0n) is 17.6. The average molecular weight is 415 g/mol. The normalized spacial score (nSPS) is 17.4. The lowest BCUT2D eigenvalue weighted by Gasteiger charge is -2.34. The Morgan fingerprint density at radius 2 is 1.63 bits per heavy atom. The lowest BCUT2D eigenvalue weighted by Crippen LogP contribution is -2.35. The second-order valence-corrected chi connectivity index (χ2v) is 8.40. The number of rotatable bonds is 9. The molecule has 30 heavy (non-hydrogen) atoms. The van der Waals surface area contributed by atoms with Gasteiger partial charge in [0.05, 0.1) is 17.0 Å². The summed E-state index contributed by atoms with van der Waals surface area (Å²) in [7, 11) is 2.05. The molecule has 2 nitrogen and oxygen atoms in total. The SMILES string of the molecule is CCC(CCC(C#N)(c1ccccc1C(F)(F)F)C1CC1)N(C)Cc1ccccc1. The third-order valence-electron chi connectivity index (χ3n) is 6.43. The molecule has 1 aliphatic rings. The van der Waals surface area contributed by atoms with Crippen molar-refractivity contribution >= 4 is 0 Å². The Labute approximate surface area is 177 Å². The van der Waals surface area contributed by atoms with Crippen LogP contribution >= 0.6 is 0 Å². The highest BCUT2D eigenvalue weighted by Gasteiger charge is 2.50. The van der Waals surface area contributed by atoms with Crippen molar-refractivity contribution in [3.63, 3.8) is 0 Å². The Morgan fingerprint density at radius 1 is 1.03 bits per heavy atom. The average Bonchev–Trinajstić information content (AvgIpc) is 3.57. The quantitative estimate of drug-likeness (QED) is 0.464. The van der Waals surface area contributed by atoms with Crippen molar-refractivity contribution in [2.45, 2.75) is 63.2 Å². The molecular weight excluding hydrogens is 385 g/mol. The Kier molecular flexibility index (Phi) is 6.88. The van der Waals surface area contributed by atoms with E-state index < -0.39 is 17.2 Å². The fourth-order valence-corrected chi connectivity index (χ4v) is 4.59. The summed E-state index contributed by atoms with van der Waals surface area (Å²) in [6.45, 7) is 2.88. The number of hydrogen-bond acceptors (Lipinski definition) is 2. The molecular formula is C25H29F3N2. The summed E-state index contributed by atoms with van der Waals surface area (Å²) in [6, 6.07) is 18.4. The van der Waals surface area contributed by atoms with E-state index in [1.54, 1.807) is 6.07 Å². The van der Waals surface area contributed by atoms with E-state index in [1.807, 2.05) is 18.2 Å². The molecule has 0 radical (unpaired) electrons. The van der Waals surface area contributed by atoms with Crippen LogP contribution in [0.3, 0.4) is 0 Å². The lowest BCUT2D eigenvalue weighted by atomic mass is 9.71. The molecule has 0 heterocycles. The van der Waals surface area contributed by atoms with Gasteiger partial charge >= 0.3 is 6.18 Å². The van der Waals surface area contributed by atoms with Crippen molar-refractivity contribution in [1.29, 1.82) is 5.26 Å². The molecule has 0 amide bonds. The lowest BCUT2D eigenvalue weighted by molar-refractivity contribution is -0.138. The Balaban J connectivity index is 1.83. The summed E-state index contributed by atoms with van der Waals surface area (Å²) >= 11 is 0. The van der Waals surface area contributed by atoms with E-state index in [9.17, 15) is 18.4 Å². The van der Waals surface area contributed by atoms with Gasteiger partial charge in [-0.1, -0.05) is 55.5 Å². The van der Waals surface area contributed by atoms with E-state index in [1.165, 1.54) is 17.7 Å². The maximum atomic E-state index is 13.7. The van der Waals surface area contributed by atoms with Gasteiger partial charge < -0.3 is 0 Å². The minimum Gasteiger partial charge on any atom is -0.299 e. The highest BCUT2D eigenvalue weighted by molar-refractivity contribution is 5.43. The van der Waals surface area contributed by atoms with Gasteiger partial charge in [-0.2, -0.15) is 18.4 Å². The first-order chi connectivity index (χ1) is 14.3. The van der Waals surface area contributed by atoms with Gasteiger partial charge in [-0.3, -0.25) is 4.90 Å². The largest absolute Gasteiger partial charge is 0.416 e. The van der Waals surface area contributed by atoms with Gasteiger partial charge in [0.25, 0.3) is 0 Å². The van der Waals surface area contributed by atoms with Gasteiger partial charge in [0.2, 0.25) is 0 Å². The molecule has 0 saturated heterocycles. The second-order valence-electron chi connectivity index (χ2n) is 8.40. The molecule has 0 spiro atoms. The first-order valence-electron chi connectivity index (χ1n) is 10.6. The highest BCUT2D eigenvalue weighted by Crippen LogP contribution is 2.52. The van der Waals surface area contributed by atoms with E-state index in [0.29, 0.717) is 12.8 Å². The fourth-order valence-electron chi connectivity index (χ4n) is 4.59. The van der Waals surface area contributed by atoms with Gasteiger partial charge in [0.15, 0.2) is 0 Å². The molecule has 2 aromatic carbocycles. The van der Waals surface area contributed by atoms with Crippen molar-refractivity contribution in [2.75, 3.05) is 7.05 Å². The molecule has 1 fully saturated rings. The molecule has 1 saturated carbocycles. The van der Waals surface area contributed by atoms with Crippen LogP contribution in [0.4, 0.5) is 13.2 Å². The Bertz CT molecular complexity index is 868. The van der Waals surface area contributed by atoms with Crippen LogP contribution in [0, 0.1) is 17.2 Å². The predicted molar refractivity (Wildman–Crippen MR) is 113 cm³/mol. The molecule has 0 aliphatic heterocycles. The third-order valence-corrected chi connectivity index (χ3v) is 6.43. The van der Waals surface area contributed by atoms with E-state index in [-0.39, 0.29) is 17.5 Å². The predicted octanol–water partition coefficient (Wildman–Crippen LogP) is 6.57. The minimum atomic E-state index is -4.46. The molecule has 2 atom stereocenters. The summed E-state index contributed by atoms with van der Waals surface area (Å²) in [5, 5.41) is 10.2. The van der Waals surface area contributed by atoms with Gasteiger partial charge in [-0.25, -0.2) is 0 Å². The van der Waals surface area contributed by atoms with Crippen LogP contribution < -0.4 is 0 Å². The number of hydrogen-bond donors (Lipinski definition) is 0. The van der Waals surface area contributed by atoms with Gasteiger partial charge in [-0.05, 0) is 62.3 Å². The van der Waals surface area contributed by atoms with Gasteiger partial charge in [0, 0.05) is 12.6 Å². The molecule has 2 unspecified atom stereocenters. The maximum absolute atomic E-state index is 13.7. The summed E-state index contributed by atoms with van der Waals surface area (Å²) in [5.41, 5.74) is -0.380. The third kappa shape index (κ3) is 4.87. The van der Waals surface area contributed by atoms with Gasteiger partial charge in [-0.15, -0.1) is 0 Å². The highest BCUT2D eigenvalue weighted by atomic mass is 19.4. The fraction of sp³-hybridized carbons (Fsp3) is 0.480. The van der Waals surface area contributed by atoms with Crippen molar-refractivity contribution < 1.29 is 13.2 Å². The molecule has 3 rings (SSSR count). The Hall–Kier alpha value is -2.32.